The van der Waals surface area contributed by atoms with E-state index in [1.54, 1.807) is 12.4 Å². The molecule has 1 aliphatic rings. The van der Waals surface area contributed by atoms with E-state index in [-0.39, 0.29) is 6.10 Å². The number of H-pyrrole nitrogens is 1. The fourth-order valence-electron chi connectivity index (χ4n) is 2.77. The van der Waals surface area contributed by atoms with Gasteiger partial charge >= 0.3 is 0 Å². The summed E-state index contributed by atoms with van der Waals surface area (Å²) in [5.74, 6) is 0.941. The summed E-state index contributed by atoms with van der Waals surface area (Å²) in [5, 5.41) is 7.96. The van der Waals surface area contributed by atoms with Gasteiger partial charge in [0.2, 0.25) is 0 Å². The van der Waals surface area contributed by atoms with Crippen LogP contribution in [0.25, 0.3) is 22.2 Å². The molecular weight excluding hydrogens is 252 g/mol. The third-order valence-corrected chi connectivity index (χ3v) is 3.74. The lowest BCUT2D eigenvalue weighted by atomic mass is 9.99. The zero-order valence-electron chi connectivity index (χ0n) is 10.8. The van der Waals surface area contributed by atoms with Gasteiger partial charge in [0.05, 0.1) is 6.20 Å². The van der Waals surface area contributed by atoms with Crippen molar-refractivity contribution in [1.82, 2.24) is 15.2 Å². The fourth-order valence-corrected chi connectivity index (χ4v) is 2.77. The van der Waals surface area contributed by atoms with Crippen LogP contribution in [-0.2, 0) is 6.42 Å². The van der Waals surface area contributed by atoms with Crippen molar-refractivity contribution in [2.24, 2.45) is 5.73 Å². The normalized spacial score (nSPS) is 17.1. The minimum Gasteiger partial charge on any atom is -0.488 e. The lowest BCUT2D eigenvalue weighted by molar-refractivity contribution is 0.242. The quantitative estimate of drug-likeness (QED) is 0.742. The third-order valence-electron chi connectivity index (χ3n) is 3.74. The van der Waals surface area contributed by atoms with E-state index >= 15 is 0 Å². The number of nitrogens with two attached hydrogens (primary N) is 1. The highest BCUT2D eigenvalue weighted by atomic mass is 16.5. The minimum absolute atomic E-state index is 0.0767. The van der Waals surface area contributed by atoms with E-state index in [4.69, 9.17) is 10.5 Å². The molecule has 0 amide bonds. The standard InChI is InChI=1S/C15H14N4O/c16-7-10-6-9-2-1-3-12(14(9)20-10)11-4-5-17-15-13(11)8-18-19-15/h1-5,8,10H,6-7,16H2,(H,17,18,19). The summed E-state index contributed by atoms with van der Waals surface area (Å²) in [6.45, 7) is 0.533. The largest absolute Gasteiger partial charge is 0.488 e. The maximum absolute atomic E-state index is 5.99. The summed E-state index contributed by atoms with van der Waals surface area (Å²) < 4.78 is 5.99. The molecule has 5 heteroatoms. The molecule has 1 atom stereocenters. The second-order valence-corrected chi connectivity index (χ2v) is 4.96. The summed E-state index contributed by atoms with van der Waals surface area (Å²) >= 11 is 0. The Bertz CT molecular complexity index is 780. The number of aromatic nitrogens is 3. The Labute approximate surface area is 115 Å². The Kier molecular flexibility index (Phi) is 2.47. The molecule has 0 fully saturated rings. The fraction of sp³-hybridized carbons (Fsp3) is 0.200. The van der Waals surface area contributed by atoms with E-state index in [1.807, 2.05) is 6.07 Å². The SMILES string of the molecule is NCC1Cc2cccc(-c3ccnc4[nH]ncc34)c2O1. The molecule has 3 heterocycles. The number of ether oxygens (including phenoxy) is 1. The van der Waals surface area contributed by atoms with Crippen molar-refractivity contribution in [3.8, 4) is 16.9 Å². The number of aromatic amines is 1. The molecule has 1 aromatic carbocycles. The number of nitrogens with zero attached hydrogens (tertiary/aromatic N) is 2. The van der Waals surface area contributed by atoms with Crippen LogP contribution < -0.4 is 10.5 Å². The van der Waals surface area contributed by atoms with Crippen molar-refractivity contribution >= 4 is 11.0 Å². The van der Waals surface area contributed by atoms with E-state index in [2.05, 4.69) is 33.4 Å². The highest BCUT2D eigenvalue weighted by molar-refractivity contribution is 5.94. The minimum atomic E-state index is 0.0767. The monoisotopic (exact) mass is 266 g/mol. The molecule has 3 aromatic rings. The van der Waals surface area contributed by atoms with Crippen LogP contribution in [0.2, 0.25) is 0 Å². The smallest absolute Gasteiger partial charge is 0.155 e. The number of benzene rings is 1. The predicted molar refractivity (Wildman–Crippen MR) is 76.5 cm³/mol. The summed E-state index contributed by atoms with van der Waals surface area (Å²) in [6, 6.07) is 8.22. The summed E-state index contributed by atoms with van der Waals surface area (Å²) in [4.78, 5) is 4.27. The highest BCUT2D eigenvalue weighted by Gasteiger charge is 2.25. The van der Waals surface area contributed by atoms with E-state index in [9.17, 15) is 0 Å². The predicted octanol–water partition coefficient (Wildman–Crippen LogP) is 1.89. The molecule has 0 saturated carbocycles. The van der Waals surface area contributed by atoms with Gasteiger partial charge in [-0.3, -0.25) is 5.10 Å². The highest BCUT2D eigenvalue weighted by Crippen LogP contribution is 2.40. The third kappa shape index (κ3) is 1.60. The zero-order valence-corrected chi connectivity index (χ0v) is 10.8. The van der Waals surface area contributed by atoms with Gasteiger partial charge in [-0.15, -0.1) is 0 Å². The molecule has 0 aliphatic carbocycles. The number of nitrogens with one attached hydrogen (secondary N) is 1. The maximum Gasteiger partial charge on any atom is 0.155 e. The van der Waals surface area contributed by atoms with Crippen LogP contribution >= 0.6 is 0 Å². The molecule has 3 N–H and O–H groups in total. The number of para-hydroxylation sites is 1. The molecule has 4 rings (SSSR count). The van der Waals surface area contributed by atoms with Gasteiger partial charge in [0, 0.05) is 30.1 Å². The summed E-state index contributed by atoms with van der Waals surface area (Å²) in [5.41, 5.74) is 9.88. The molecule has 0 saturated heterocycles. The van der Waals surface area contributed by atoms with E-state index in [0.29, 0.717) is 6.54 Å². The summed E-state index contributed by atoms with van der Waals surface area (Å²) in [6.07, 6.45) is 4.53. The van der Waals surface area contributed by atoms with Gasteiger partial charge < -0.3 is 10.5 Å². The first-order valence-electron chi connectivity index (χ1n) is 6.64. The van der Waals surface area contributed by atoms with Crippen LogP contribution in [0.4, 0.5) is 0 Å². The van der Waals surface area contributed by atoms with Gasteiger partial charge in [0.25, 0.3) is 0 Å². The Morgan fingerprint density at radius 1 is 1.30 bits per heavy atom. The molecule has 1 aliphatic heterocycles. The molecule has 100 valence electrons. The van der Waals surface area contributed by atoms with Crippen molar-refractivity contribution in [2.45, 2.75) is 12.5 Å². The zero-order chi connectivity index (χ0) is 13.5. The second kappa shape index (κ2) is 4.31. The van der Waals surface area contributed by atoms with Crippen LogP contribution in [0.1, 0.15) is 5.56 Å². The van der Waals surface area contributed by atoms with Crippen LogP contribution in [0.3, 0.4) is 0 Å². The Balaban J connectivity index is 1.92. The number of hydrogen-bond acceptors (Lipinski definition) is 4. The summed E-state index contributed by atoms with van der Waals surface area (Å²) in [7, 11) is 0. The molecule has 5 nitrogen and oxygen atoms in total. The Morgan fingerprint density at radius 2 is 2.25 bits per heavy atom. The van der Waals surface area contributed by atoms with Crippen molar-refractivity contribution in [3.05, 3.63) is 42.2 Å². The number of rotatable bonds is 2. The van der Waals surface area contributed by atoms with Gasteiger partial charge in [0.1, 0.15) is 11.9 Å². The maximum atomic E-state index is 5.99. The van der Waals surface area contributed by atoms with E-state index < -0.39 is 0 Å². The lowest BCUT2D eigenvalue weighted by Crippen LogP contribution is -2.24. The van der Waals surface area contributed by atoms with Crippen molar-refractivity contribution < 1.29 is 4.74 Å². The van der Waals surface area contributed by atoms with Gasteiger partial charge in [-0.25, -0.2) is 4.98 Å². The molecule has 20 heavy (non-hydrogen) atoms. The molecule has 0 bridgehead atoms. The first kappa shape index (κ1) is 11.4. The van der Waals surface area contributed by atoms with Crippen LogP contribution in [0.5, 0.6) is 5.75 Å². The average Bonchev–Trinajstić information content (AvgIpc) is 3.12. The average molecular weight is 266 g/mol. The van der Waals surface area contributed by atoms with Crippen molar-refractivity contribution in [3.63, 3.8) is 0 Å². The molecule has 1 unspecified atom stereocenters. The van der Waals surface area contributed by atoms with Gasteiger partial charge in [-0.05, 0) is 17.2 Å². The van der Waals surface area contributed by atoms with Gasteiger partial charge in [-0.1, -0.05) is 18.2 Å². The topological polar surface area (TPSA) is 76.8 Å². The molecule has 2 aromatic heterocycles. The molecular formula is C15H14N4O. The number of fused-ring (bicyclic) bond motifs is 2. The van der Waals surface area contributed by atoms with E-state index in [0.717, 1.165) is 34.3 Å². The van der Waals surface area contributed by atoms with Gasteiger partial charge in [-0.2, -0.15) is 5.10 Å². The van der Waals surface area contributed by atoms with Crippen LogP contribution in [0, 0.1) is 0 Å². The molecule has 0 radical (unpaired) electrons. The van der Waals surface area contributed by atoms with Gasteiger partial charge in [0.15, 0.2) is 5.65 Å². The van der Waals surface area contributed by atoms with E-state index in [1.165, 1.54) is 5.56 Å². The lowest BCUT2D eigenvalue weighted by Gasteiger charge is -2.11. The second-order valence-electron chi connectivity index (χ2n) is 4.96. The first-order chi connectivity index (χ1) is 9.86. The van der Waals surface area contributed by atoms with Crippen LogP contribution in [-0.4, -0.2) is 27.8 Å². The Hall–Kier alpha value is -2.40. The first-order valence-corrected chi connectivity index (χ1v) is 6.64. The Morgan fingerprint density at radius 3 is 3.15 bits per heavy atom. The molecule has 0 spiro atoms. The number of hydrogen-bond donors (Lipinski definition) is 2. The van der Waals surface area contributed by atoms with Crippen molar-refractivity contribution in [2.75, 3.05) is 6.54 Å². The van der Waals surface area contributed by atoms with Crippen LogP contribution in [0.15, 0.2) is 36.7 Å². The number of pyridine rings is 1. The van der Waals surface area contributed by atoms with Crippen molar-refractivity contribution in [1.29, 1.82) is 0 Å².